The van der Waals surface area contributed by atoms with Crippen molar-refractivity contribution in [1.82, 2.24) is 46.2 Å². The van der Waals surface area contributed by atoms with Gasteiger partial charge in [0.15, 0.2) is 0 Å². The van der Waals surface area contributed by atoms with Gasteiger partial charge >= 0.3 is 35.9 Å². The summed E-state index contributed by atoms with van der Waals surface area (Å²) in [7, 11) is 0. The Morgan fingerprint density at radius 3 is 1.85 bits per heavy atom. The molecule has 2 aromatic carbocycles. The highest BCUT2D eigenvalue weighted by atomic mass is 16.5. The summed E-state index contributed by atoms with van der Waals surface area (Å²) in [6, 6.07) is 8.56. The molecule has 5 amide bonds. The molecular weight excluding hydrogens is 955 g/mol. The van der Waals surface area contributed by atoms with Crippen molar-refractivity contribution in [2.75, 3.05) is 98.2 Å². The molecule has 0 aromatic heterocycles. The van der Waals surface area contributed by atoms with Crippen LogP contribution in [0.15, 0.2) is 42.5 Å². The molecule has 2 saturated heterocycles. The van der Waals surface area contributed by atoms with E-state index >= 15 is 0 Å². The molecule has 3 atom stereocenters. The molecule has 24 nitrogen and oxygen atoms in total. The number of hydrogen-bond donors (Lipinski definition) is 10. The number of nitrogens with one attached hydrogen (secondary N) is 5. The molecule has 73 heavy (non-hydrogen) atoms. The first-order valence-corrected chi connectivity index (χ1v) is 24.9. The van der Waals surface area contributed by atoms with Crippen LogP contribution in [0.4, 0.5) is 4.79 Å². The third-order valence-corrected chi connectivity index (χ3v) is 13.6. The summed E-state index contributed by atoms with van der Waals surface area (Å²) in [6.07, 6.45) is 1.64. The van der Waals surface area contributed by atoms with Crippen LogP contribution in [0, 0.1) is 5.92 Å². The van der Waals surface area contributed by atoms with Crippen LogP contribution in [0.5, 0.6) is 0 Å². The van der Waals surface area contributed by atoms with Crippen LogP contribution in [0.2, 0.25) is 0 Å². The molecule has 2 aromatic rings. The van der Waals surface area contributed by atoms with Crippen molar-refractivity contribution in [3.63, 3.8) is 0 Å². The topological polar surface area (TPSA) is 337 Å². The van der Waals surface area contributed by atoms with Crippen LogP contribution in [-0.2, 0) is 49.5 Å². The smallest absolute Gasteiger partial charge is 0.326 e. The minimum absolute atomic E-state index is 0.0637. The quantitative estimate of drug-likeness (QED) is 0.0638. The standard InChI is InChI=1S/C49H71N9O15/c59-40(29-55-19-17-50-18-20-56(30-42(62)63)22-24-57(23-21-55)31-43(64)65)58-25-26-73-49(32-58)14-12-35(13-15-49)44(66)52-39(28-33-8-9-34-5-1-2-6-36(34)27-33)45(67)51-16-4-3-7-37(46(68)69)53-48(72)54-38(47(70)71)10-11-41(60)61/h1-2,5-6,8-9,27,35,37-39,50H,3-4,7,10-26,28-32H2,(H,51,67)(H,52,66)(H,60,61)(H,62,63)(H,64,65)(H,68,69)(H,70,71)(H2,53,54,72)/t35?,37-,38-,39-,49?/m0/s1. The summed E-state index contributed by atoms with van der Waals surface area (Å²) in [5.74, 6) is -7.32. The number of nitrogens with zero attached hydrogens (tertiary/aromatic N) is 4. The van der Waals surface area contributed by atoms with Crippen LogP contribution in [0.25, 0.3) is 10.8 Å². The first-order chi connectivity index (χ1) is 34.9. The number of morpholine rings is 1. The number of urea groups is 1. The number of carboxylic acid groups (broad SMARTS) is 5. The lowest BCUT2D eigenvalue weighted by Gasteiger charge is -2.46. The zero-order valence-corrected chi connectivity index (χ0v) is 41.1. The molecule has 0 bridgehead atoms. The second-order valence-corrected chi connectivity index (χ2v) is 19.1. The van der Waals surface area contributed by atoms with Gasteiger partial charge in [0.05, 0.1) is 31.8 Å². The minimum Gasteiger partial charge on any atom is -0.481 e. The molecule has 24 heteroatoms. The molecule has 3 fully saturated rings. The number of carboxylic acids is 5. The Bertz CT molecular complexity index is 2240. The van der Waals surface area contributed by atoms with E-state index in [0.717, 1.165) is 16.3 Å². The number of rotatable bonds is 23. The van der Waals surface area contributed by atoms with Gasteiger partial charge in [0.25, 0.3) is 0 Å². The van der Waals surface area contributed by atoms with E-state index in [-0.39, 0.29) is 57.3 Å². The molecule has 5 rings (SSSR count). The molecule has 1 spiro atoms. The van der Waals surface area contributed by atoms with Gasteiger partial charge in [-0.2, -0.15) is 0 Å². The molecule has 1 saturated carbocycles. The molecular formula is C49H71N9O15. The predicted molar refractivity (Wildman–Crippen MR) is 263 cm³/mol. The number of ether oxygens (including phenoxy) is 1. The van der Waals surface area contributed by atoms with Crippen LogP contribution in [0.1, 0.15) is 63.4 Å². The van der Waals surface area contributed by atoms with Crippen LogP contribution in [0.3, 0.4) is 0 Å². The first-order valence-electron chi connectivity index (χ1n) is 24.9. The van der Waals surface area contributed by atoms with E-state index in [1.807, 2.05) is 47.4 Å². The third kappa shape index (κ3) is 19.5. The summed E-state index contributed by atoms with van der Waals surface area (Å²) in [6.45, 7) is 4.55. The lowest BCUT2D eigenvalue weighted by molar-refractivity contribution is -0.161. The van der Waals surface area contributed by atoms with Gasteiger partial charge in [-0.05, 0) is 67.7 Å². The fourth-order valence-corrected chi connectivity index (χ4v) is 9.46. The second kappa shape index (κ2) is 28.7. The third-order valence-electron chi connectivity index (χ3n) is 13.6. The Kier molecular flexibility index (Phi) is 22.6. The number of benzene rings is 2. The van der Waals surface area contributed by atoms with Crippen molar-refractivity contribution in [2.45, 2.75) is 87.9 Å². The van der Waals surface area contributed by atoms with Gasteiger partial charge in [-0.25, -0.2) is 14.4 Å². The molecule has 2 heterocycles. The lowest BCUT2D eigenvalue weighted by atomic mass is 9.77. The zero-order valence-electron chi connectivity index (χ0n) is 41.1. The molecule has 1 aliphatic carbocycles. The Morgan fingerprint density at radius 1 is 0.658 bits per heavy atom. The first kappa shape index (κ1) is 57.4. The highest BCUT2D eigenvalue weighted by molar-refractivity contribution is 5.90. The fourth-order valence-electron chi connectivity index (χ4n) is 9.46. The highest BCUT2D eigenvalue weighted by Crippen LogP contribution is 2.37. The fraction of sp³-hybridized carbons (Fsp3) is 0.612. The van der Waals surface area contributed by atoms with Crippen LogP contribution in [-0.4, -0.2) is 221 Å². The largest absolute Gasteiger partial charge is 0.481 e. The molecule has 2 aliphatic heterocycles. The number of aliphatic carboxylic acids is 5. The van der Waals surface area contributed by atoms with E-state index in [2.05, 4.69) is 26.6 Å². The summed E-state index contributed by atoms with van der Waals surface area (Å²) in [5, 5.41) is 62.3. The number of fused-ring (bicyclic) bond motifs is 1. The zero-order chi connectivity index (χ0) is 52.9. The van der Waals surface area contributed by atoms with Crippen molar-refractivity contribution >= 4 is 64.4 Å². The van der Waals surface area contributed by atoms with Crippen molar-refractivity contribution in [2.24, 2.45) is 5.92 Å². The number of unbranched alkanes of at least 4 members (excludes halogenated alkanes) is 1. The van der Waals surface area contributed by atoms with E-state index in [9.17, 15) is 63.6 Å². The van der Waals surface area contributed by atoms with Gasteiger partial charge in [0.2, 0.25) is 17.7 Å². The molecule has 10 N–H and O–H groups in total. The molecule has 0 unspecified atom stereocenters. The Labute approximate surface area is 423 Å². The van der Waals surface area contributed by atoms with E-state index < -0.39 is 84.3 Å². The summed E-state index contributed by atoms with van der Waals surface area (Å²) >= 11 is 0. The SMILES string of the molecule is O=C(O)CC[C@H](NC(=O)N[C@@H](CCCCNC(=O)[C@H](Cc1ccc2ccccc2c1)NC(=O)C1CCC2(CC1)CN(C(=O)CN1CCNCCN(CC(=O)O)CCN(CC(=O)O)CC1)CCO2)C(=O)O)C(=O)O. The summed E-state index contributed by atoms with van der Waals surface area (Å²) < 4.78 is 6.35. The van der Waals surface area contributed by atoms with Crippen molar-refractivity contribution in [1.29, 1.82) is 0 Å². The second-order valence-electron chi connectivity index (χ2n) is 19.1. The van der Waals surface area contributed by atoms with Crippen molar-refractivity contribution in [3.8, 4) is 0 Å². The van der Waals surface area contributed by atoms with Gasteiger partial charge in [0.1, 0.15) is 18.1 Å². The van der Waals surface area contributed by atoms with Gasteiger partial charge < -0.3 is 61.8 Å². The van der Waals surface area contributed by atoms with Crippen LogP contribution >= 0.6 is 0 Å². The average molecular weight is 1030 g/mol. The lowest BCUT2D eigenvalue weighted by Crippen LogP contribution is -2.58. The molecule has 402 valence electrons. The van der Waals surface area contributed by atoms with Crippen molar-refractivity contribution in [3.05, 3.63) is 48.0 Å². The Morgan fingerprint density at radius 2 is 1.25 bits per heavy atom. The summed E-state index contributed by atoms with van der Waals surface area (Å²) in [5.41, 5.74) is 0.160. The monoisotopic (exact) mass is 1030 g/mol. The normalized spacial score (nSPS) is 20.8. The van der Waals surface area contributed by atoms with Gasteiger partial charge in [-0.15, -0.1) is 0 Å². The van der Waals surface area contributed by atoms with Crippen molar-refractivity contribution < 1.29 is 73.4 Å². The number of carbonyl (C=O) groups is 9. The van der Waals surface area contributed by atoms with E-state index in [0.29, 0.717) is 104 Å². The average Bonchev–Trinajstić information content (AvgIpc) is 3.34. The van der Waals surface area contributed by atoms with E-state index in [1.165, 1.54) is 0 Å². The number of amides is 5. The maximum Gasteiger partial charge on any atom is 0.326 e. The molecule has 0 radical (unpaired) electrons. The van der Waals surface area contributed by atoms with Gasteiger partial charge in [-0.3, -0.25) is 43.5 Å². The van der Waals surface area contributed by atoms with Gasteiger partial charge in [-0.1, -0.05) is 42.5 Å². The molecule has 3 aliphatic rings. The number of carbonyl (C=O) groups excluding carboxylic acids is 4. The van der Waals surface area contributed by atoms with E-state index in [4.69, 9.17) is 9.84 Å². The summed E-state index contributed by atoms with van der Waals surface area (Å²) in [4.78, 5) is 119. The maximum atomic E-state index is 14.0. The predicted octanol–water partition coefficient (Wildman–Crippen LogP) is -0.310. The number of hydrogen-bond acceptors (Lipinski definition) is 14. The minimum atomic E-state index is -1.54. The Hall–Kier alpha value is -6.47. The Balaban J connectivity index is 1.14. The highest BCUT2D eigenvalue weighted by Gasteiger charge is 2.43. The van der Waals surface area contributed by atoms with Gasteiger partial charge in [0, 0.05) is 90.8 Å². The van der Waals surface area contributed by atoms with Crippen LogP contribution < -0.4 is 26.6 Å². The van der Waals surface area contributed by atoms with E-state index in [1.54, 1.807) is 14.7 Å². The maximum absolute atomic E-state index is 14.0.